The van der Waals surface area contributed by atoms with Crippen LogP contribution in [0.25, 0.3) is 10.9 Å². The number of nitrogens with one attached hydrogen (secondary N) is 1. The molecule has 2 nitrogen and oxygen atoms in total. The van der Waals surface area contributed by atoms with E-state index in [9.17, 15) is 5.11 Å². The highest BCUT2D eigenvalue weighted by atomic mass is 16.3. The van der Waals surface area contributed by atoms with Crippen LogP contribution in [0.4, 0.5) is 0 Å². The zero-order valence-corrected chi connectivity index (χ0v) is 8.54. The number of hydrogen-bond donors (Lipinski definition) is 2. The minimum Gasteiger partial charge on any atom is -0.387 e. The average molecular weight is 189 g/mol. The lowest BCUT2D eigenvalue weighted by Gasteiger charge is -1.97. The first kappa shape index (κ1) is 9.28. The number of aliphatic hydroxyl groups excluding tert-OH is 1. The Hall–Kier alpha value is -1.28. The number of aliphatic hydroxyl groups is 1. The van der Waals surface area contributed by atoms with Crippen molar-refractivity contribution in [3.8, 4) is 0 Å². The molecule has 2 heteroatoms. The molecule has 0 saturated carbocycles. The average Bonchev–Trinajstić information content (AvgIpc) is 2.59. The summed E-state index contributed by atoms with van der Waals surface area (Å²) >= 11 is 0. The second-order valence-corrected chi connectivity index (χ2v) is 3.68. The molecule has 0 aliphatic heterocycles. The molecule has 1 atom stereocenters. The first-order valence-corrected chi connectivity index (χ1v) is 5.00. The summed E-state index contributed by atoms with van der Waals surface area (Å²) in [5, 5.41) is 10.6. The van der Waals surface area contributed by atoms with Gasteiger partial charge in [0, 0.05) is 16.6 Å². The molecule has 0 saturated heterocycles. The molecule has 2 aromatic rings. The van der Waals surface area contributed by atoms with Gasteiger partial charge in [-0.25, -0.2) is 0 Å². The summed E-state index contributed by atoms with van der Waals surface area (Å²) < 4.78 is 0. The second-order valence-electron chi connectivity index (χ2n) is 3.68. The monoisotopic (exact) mass is 189 g/mol. The number of hydrogen-bond acceptors (Lipinski definition) is 1. The van der Waals surface area contributed by atoms with Crippen molar-refractivity contribution in [1.29, 1.82) is 0 Å². The SMILES string of the molecule is CCc1ccc2[nH]c(C(C)O)cc2c1. The van der Waals surface area contributed by atoms with E-state index in [4.69, 9.17) is 0 Å². The van der Waals surface area contributed by atoms with Gasteiger partial charge in [0.05, 0.1) is 6.10 Å². The van der Waals surface area contributed by atoms with Crippen LogP contribution in [-0.4, -0.2) is 10.1 Å². The van der Waals surface area contributed by atoms with Crippen molar-refractivity contribution < 1.29 is 5.11 Å². The van der Waals surface area contributed by atoms with Crippen molar-refractivity contribution in [3.05, 3.63) is 35.5 Å². The van der Waals surface area contributed by atoms with Crippen molar-refractivity contribution in [2.24, 2.45) is 0 Å². The zero-order chi connectivity index (χ0) is 10.1. The Balaban J connectivity index is 2.54. The highest BCUT2D eigenvalue weighted by Crippen LogP contribution is 2.21. The Morgan fingerprint density at radius 2 is 2.14 bits per heavy atom. The Morgan fingerprint density at radius 1 is 1.36 bits per heavy atom. The summed E-state index contributed by atoms with van der Waals surface area (Å²) in [4.78, 5) is 3.20. The first-order chi connectivity index (χ1) is 6.70. The molecule has 14 heavy (non-hydrogen) atoms. The third kappa shape index (κ3) is 1.53. The van der Waals surface area contributed by atoms with E-state index in [2.05, 4.69) is 30.1 Å². The van der Waals surface area contributed by atoms with Gasteiger partial charge >= 0.3 is 0 Å². The molecule has 1 aromatic heterocycles. The minimum atomic E-state index is -0.424. The van der Waals surface area contributed by atoms with Crippen molar-refractivity contribution in [3.63, 3.8) is 0 Å². The summed E-state index contributed by atoms with van der Waals surface area (Å²) in [7, 11) is 0. The van der Waals surface area contributed by atoms with Crippen molar-refractivity contribution in [1.82, 2.24) is 4.98 Å². The topological polar surface area (TPSA) is 36.0 Å². The largest absolute Gasteiger partial charge is 0.387 e. The Kier molecular flexibility index (Phi) is 2.30. The van der Waals surface area contributed by atoms with Crippen LogP contribution in [0.1, 0.15) is 31.2 Å². The van der Waals surface area contributed by atoms with Crippen molar-refractivity contribution in [2.45, 2.75) is 26.4 Å². The van der Waals surface area contributed by atoms with Crippen LogP contribution in [-0.2, 0) is 6.42 Å². The fourth-order valence-corrected chi connectivity index (χ4v) is 1.65. The van der Waals surface area contributed by atoms with E-state index < -0.39 is 6.10 Å². The quantitative estimate of drug-likeness (QED) is 0.748. The minimum absolute atomic E-state index is 0.424. The van der Waals surface area contributed by atoms with Crippen molar-refractivity contribution >= 4 is 10.9 Å². The van der Waals surface area contributed by atoms with Crippen LogP contribution in [0.3, 0.4) is 0 Å². The zero-order valence-electron chi connectivity index (χ0n) is 8.54. The van der Waals surface area contributed by atoms with Gasteiger partial charge in [0.15, 0.2) is 0 Å². The van der Waals surface area contributed by atoms with Crippen LogP contribution in [0.2, 0.25) is 0 Å². The molecule has 0 aliphatic rings. The Bertz CT molecular complexity index is 443. The molecule has 1 aromatic carbocycles. The van der Waals surface area contributed by atoms with Crippen molar-refractivity contribution in [2.75, 3.05) is 0 Å². The molecule has 0 aliphatic carbocycles. The number of aromatic amines is 1. The van der Waals surface area contributed by atoms with Gasteiger partial charge in [0.1, 0.15) is 0 Å². The van der Waals surface area contributed by atoms with E-state index in [0.717, 1.165) is 17.6 Å². The highest BCUT2D eigenvalue weighted by Gasteiger charge is 2.05. The first-order valence-electron chi connectivity index (χ1n) is 5.00. The molecule has 2 rings (SSSR count). The van der Waals surface area contributed by atoms with Crippen LogP contribution < -0.4 is 0 Å². The molecule has 2 N–H and O–H groups in total. The van der Waals surface area contributed by atoms with Gasteiger partial charge in [-0.05, 0) is 37.1 Å². The third-order valence-corrected chi connectivity index (χ3v) is 2.56. The smallest absolute Gasteiger partial charge is 0.0910 e. The van der Waals surface area contributed by atoms with Gasteiger partial charge in [-0.3, -0.25) is 0 Å². The standard InChI is InChI=1S/C12H15NO/c1-3-9-4-5-11-10(6-9)7-12(13-11)8(2)14/h4-8,13-14H,3H2,1-2H3. The summed E-state index contributed by atoms with van der Waals surface area (Å²) in [6, 6.07) is 8.36. The molecule has 1 unspecified atom stereocenters. The number of fused-ring (bicyclic) bond motifs is 1. The molecule has 0 bridgehead atoms. The lowest BCUT2D eigenvalue weighted by Crippen LogP contribution is -1.88. The number of aromatic nitrogens is 1. The predicted molar refractivity (Wildman–Crippen MR) is 58.3 cm³/mol. The molecule has 0 radical (unpaired) electrons. The van der Waals surface area contributed by atoms with E-state index in [1.54, 1.807) is 6.92 Å². The summed E-state index contributed by atoms with van der Waals surface area (Å²) in [5.41, 5.74) is 3.31. The molecule has 74 valence electrons. The van der Waals surface area contributed by atoms with E-state index in [0.29, 0.717) is 0 Å². The number of H-pyrrole nitrogens is 1. The molecule has 0 spiro atoms. The molecule has 0 amide bonds. The normalized spacial score (nSPS) is 13.4. The summed E-state index contributed by atoms with van der Waals surface area (Å²) in [5.74, 6) is 0. The van der Waals surface area contributed by atoms with Gasteiger partial charge in [0.2, 0.25) is 0 Å². The Labute approximate surface area is 83.6 Å². The van der Waals surface area contributed by atoms with Crippen LogP contribution in [0, 0.1) is 0 Å². The fourth-order valence-electron chi connectivity index (χ4n) is 1.65. The maximum absolute atomic E-state index is 9.42. The Morgan fingerprint density at radius 3 is 2.79 bits per heavy atom. The lowest BCUT2D eigenvalue weighted by molar-refractivity contribution is 0.195. The summed E-state index contributed by atoms with van der Waals surface area (Å²) in [6.07, 6.45) is 0.623. The molecule has 1 heterocycles. The van der Waals surface area contributed by atoms with Gasteiger partial charge in [-0.15, -0.1) is 0 Å². The van der Waals surface area contributed by atoms with Crippen LogP contribution in [0.15, 0.2) is 24.3 Å². The number of rotatable bonds is 2. The van der Waals surface area contributed by atoms with Gasteiger partial charge < -0.3 is 10.1 Å². The van der Waals surface area contributed by atoms with E-state index in [1.165, 1.54) is 10.9 Å². The highest BCUT2D eigenvalue weighted by molar-refractivity contribution is 5.81. The van der Waals surface area contributed by atoms with Crippen LogP contribution in [0.5, 0.6) is 0 Å². The maximum atomic E-state index is 9.42. The van der Waals surface area contributed by atoms with E-state index >= 15 is 0 Å². The lowest BCUT2D eigenvalue weighted by atomic mass is 10.1. The van der Waals surface area contributed by atoms with Gasteiger partial charge in [-0.1, -0.05) is 13.0 Å². The predicted octanol–water partition coefficient (Wildman–Crippen LogP) is 2.78. The number of aryl methyl sites for hydroxylation is 1. The summed E-state index contributed by atoms with van der Waals surface area (Å²) in [6.45, 7) is 3.91. The van der Waals surface area contributed by atoms with Gasteiger partial charge in [-0.2, -0.15) is 0 Å². The maximum Gasteiger partial charge on any atom is 0.0910 e. The van der Waals surface area contributed by atoms with Gasteiger partial charge in [0.25, 0.3) is 0 Å². The third-order valence-electron chi connectivity index (χ3n) is 2.56. The molecular formula is C12H15NO. The van der Waals surface area contributed by atoms with Crippen LogP contribution >= 0.6 is 0 Å². The number of benzene rings is 1. The molecular weight excluding hydrogens is 174 g/mol. The fraction of sp³-hybridized carbons (Fsp3) is 0.333. The molecule has 0 fully saturated rings. The van der Waals surface area contributed by atoms with E-state index in [-0.39, 0.29) is 0 Å². The second kappa shape index (κ2) is 3.46. The van der Waals surface area contributed by atoms with E-state index in [1.807, 2.05) is 6.07 Å².